The van der Waals surface area contributed by atoms with Gasteiger partial charge < -0.3 is 20.4 Å². The summed E-state index contributed by atoms with van der Waals surface area (Å²) < 4.78 is 6.86. The number of nitrogens with one attached hydrogen (secondary N) is 3. The Kier molecular flexibility index (Phi) is 6.21. The Morgan fingerprint density at radius 1 is 1.29 bits per heavy atom. The van der Waals surface area contributed by atoms with Gasteiger partial charge in [-0.3, -0.25) is 14.4 Å². The molecule has 1 amide bonds. The molecule has 3 aromatic heterocycles. The van der Waals surface area contributed by atoms with Crippen molar-refractivity contribution in [3.63, 3.8) is 0 Å². The highest BCUT2D eigenvalue weighted by Gasteiger charge is 2.21. The number of nitrogens with zero attached hydrogens (tertiary/aromatic N) is 4. The quantitative estimate of drug-likeness (QED) is 0.346. The summed E-state index contributed by atoms with van der Waals surface area (Å²) in [6.45, 7) is 5.59. The van der Waals surface area contributed by atoms with Crippen LogP contribution in [0, 0.1) is 0 Å². The normalized spacial score (nSPS) is 16.5. The molecule has 5 rings (SSSR count). The summed E-state index contributed by atoms with van der Waals surface area (Å²) >= 11 is 0. The molecule has 9 nitrogen and oxygen atoms in total. The maximum absolute atomic E-state index is 13.0. The molecule has 178 valence electrons. The summed E-state index contributed by atoms with van der Waals surface area (Å²) in [6, 6.07) is 10.2. The van der Waals surface area contributed by atoms with Crippen LogP contribution in [0.25, 0.3) is 21.8 Å². The number of likely N-dealkylation sites (tertiary alicyclic amines) is 1. The predicted octanol–water partition coefficient (Wildman–Crippen LogP) is 3.74. The zero-order chi connectivity index (χ0) is 23.7. The first-order chi connectivity index (χ1) is 16.5. The lowest BCUT2D eigenvalue weighted by molar-refractivity contribution is 0.102. The fraction of sp³-hybridized carbons (Fsp3) is 0.400. The van der Waals surface area contributed by atoms with E-state index >= 15 is 0 Å². The Morgan fingerprint density at radius 2 is 2.18 bits per heavy atom. The lowest BCUT2D eigenvalue weighted by atomic mass is 10.1. The number of aromatic nitrogens is 4. The SMILES string of the molecule is COCCNc1nn(C)c2cc(C(=O)Nc3cc4[nH]c(CN5CCC[C@@H]5C)cc4cn3)ccc12. The van der Waals surface area contributed by atoms with Gasteiger partial charge in [0.2, 0.25) is 0 Å². The minimum Gasteiger partial charge on any atom is -0.383 e. The average molecular weight is 462 g/mol. The molecule has 1 aromatic carbocycles. The third-order valence-corrected chi connectivity index (χ3v) is 6.58. The maximum atomic E-state index is 13.0. The van der Waals surface area contributed by atoms with E-state index in [2.05, 4.69) is 43.6 Å². The zero-order valence-electron chi connectivity index (χ0n) is 19.9. The summed E-state index contributed by atoms with van der Waals surface area (Å²) in [5.41, 5.74) is 3.57. The van der Waals surface area contributed by atoms with E-state index in [4.69, 9.17) is 4.74 Å². The van der Waals surface area contributed by atoms with Crippen LogP contribution in [0.2, 0.25) is 0 Å². The first-order valence-corrected chi connectivity index (χ1v) is 11.7. The van der Waals surface area contributed by atoms with Crippen LogP contribution < -0.4 is 10.6 Å². The Balaban J connectivity index is 1.31. The molecule has 1 aliphatic rings. The van der Waals surface area contributed by atoms with E-state index in [-0.39, 0.29) is 5.91 Å². The molecule has 0 aliphatic carbocycles. The molecule has 0 unspecified atom stereocenters. The fourth-order valence-electron chi connectivity index (χ4n) is 4.68. The molecule has 0 spiro atoms. The second-order valence-electron chi connectivity index (χ2n) is 8.99. The Labute approximate surface area is 198 Å². The molecular formula is C25H31N7O2. The number of hydrogen-bond donors (Lipinski definition) is 3. The van der Waals surface area contributed by atoms with E-state index < -0.39 is 0 Å². The van der Waals surface area contributed by atoms with Crippen LogP contribution in [0.4, 0.5) is 11.6 Å². The third-order valence-electron chi connectivity index (χ3n) is 6.58. The molecule has 34 heavy (non-hydrogen) atoms. The number of methoxy groups -OCH3 is 1. The van der Waals surface area contributed by atoms with Crippen molar-refractivity contribution < 1.29 is 9.53 Å². The number of carbonyl (C=O) groups is 1. The van der Waals surface area contributed by atoms with Crippen LogP contribution in [-0.4, -0.2) is 63.4 Å². The van der Waals surface area contributed by atoms with Gasteiger partial charge in [-0.25, -0.2) is 4.98 Å². The second-order valence-corrected chi connectivity index (χ2v) is 8.99. The molecule has 3 N–H and O–H groups in total. The number of hydrogen-bond acceptors (Lipinski definition) is 6. The Bertz CT molecular complexity index is 1330. The van der Waals surface area contributed by atoms with Crippen LogP contribution in [-0.2, 0) is 18.3 Å². The number of benzene rings is 1. The largest absolute Gasteiger partial charge is 0.383 e. The van der Waals surface area contributed by atoms with Crippen molar-refractivity contribution in [2.75, 3.05) is 37.4 Å². The van der Waals surface area contributed by atoms with Crippen molar-refractivity contribution >= 4 is 39.3 Å². The number of aryl methyl sites for hydroxylation is 1. The molecule has 4 aromatic rings. The first kappa shape index (κ1) is 22.4. The van der Waals surface area contributed by atoms with E-state index in [0.29, 0.717) is 30.6 Å². The van der Waals surface area contributed by atoms with E-state index in [1.807, 2.05) is 31.3 Å². The molecule has 1 aliphatic heterocycles. The van der Waals surface area contributed by atoms with Crippen molar-refractivity contribution in [3.8, 4) is 0 Å². The van der Waals surface area contributed by atoms with Crippen molar-refractivity contribution in [2.45, 2.75) is 32.4 Å². The van der Waals surface area contributed by atoms with Crippen LogP contribution in [0.1, 0.15) is 35.8 Å². The van der Waals surface area contributed by atoms with Gasteiger partial charge in [-0.2, -0.15) is 5.10 Å². The number of fused-ring (bicyclic) bond motifs is 2. The van der Waals surface area contributed by atoms with Gasteiger partial charge in [-0.15, -0.1) is 0 Å². The minimum absolute atomic E-state index is 0.207. The van der Waals surface area contributed by atoms with E-state index in [9.17, 15) is 4.79 Å². The van der Waals surface area contributed by atoms with Crippen LogP contribution in [0.15, 0.2) is 36.5 Å². The molecule has 1 fully saturated rings. The van der Waals surface area contributed by atoms with Gasteiger partial charge in [0.25, 0.3) is 5.91 Å². The molecular weight excluding hydrogens is 430 g/mol. The summed E-state index contributed by atoms with van der Waals surface area (Å²) in [5.74, 6) is 1.09. The molecule has 1 atom stereocenters. The number of amides is 1. The third kappa shape index (κ3) is 4.49. The van der Waals surface area contributed by atoms with Crippen LogP contribution >= 0.6 is 0 Å². The van der Waals surface area contributed by atoms with Gasteiger partial charge in [0.1, 0.15) is 5.82 Å². The van der Waals surface area contributed by atoms with Crippen molar-refractivity contribution in [3.05, 3.63) is 47.8 Å². The number of pyridine rings is 1. The number of anilines is 2. The Hall–Kier alpha value is -3.43. The number of carbonyl (C=O) groups excluding carboxylic acids is 1. The molecule has 0 bridgehead atoms. The standard InChI is InChI=1S/C25H31N7O2/c1-16-5-4-9-32(16)15-19-11-18-14-27-23(13-21(18)28-19)29-25(33)17-6-7-20-22(12-17)31(2)30-24(20)26-8-10-34-3/h6-7,11-14,16,28H,4-5,8-10,15H2,1-3H3,(H,26,30)(H,27,29,33)/t16-/m0/s1. The highest BCUT2D eigenvalue weighted by Crippen LogP contribution is 2.25. The number of rotatable bonds is 8. The summed E-state index contributed by atoms with van der Waals surface area (Å²) in [6.07, 6.45) is 4.32. The highest BCUT2D eigenvalue weighted by atomic mass is 16.5. The average Bonchev–Trinajstić information content (AvgIpc) is 3.51. The lowest BCUT2D eigenvalue weighted by Crippen LogP contribution is -2.26. The molecule has 9 heteroatoms. The van der Waals surface area contributed by atoms with Gasteiger partial charge in [0, 0.05) is 67.6 Å². The number of ether oxygens (including phenoxy) is 1. The lowest BCUT2D eigenvalue weighted by Gasteiger charge is -2.19. The van der Waals surface area contributed by atoms with Gasteiger partial charge >= 0.3 is 0 Å². The fourth-order valence-corrected chi connectivity index (χ4v) is 4.68. The highest BCUT2D eigenvalue weighted by molar-refractivity contribution is 6.07. The van der Waals surface area contributed by atoms with Crippen molar-refractivity contribution in [1.29, 1.82) is 0 Å². The topological polar surface area (TPSA) is 100 Å². The summed E-state index contributed by atoms with van der Waals surface area (Å²) in [7, 11) is 3.53. The maximum Gasteiger partial charge on any atom is 0.256 e. The first-order valence-electron chi connectivity index (χ1n) is 11.7. The number of H-pyrrole nitrogens is 1. The van der Waals surface area contributed by atoms with Gasteiger partial charge in [0.05, 0.1) is 17.6 Å². The molecule has 1 saturated heterocycles. The van der Waals surface area contributed by atoms with Crippen LogP contribution in [0.3, 0.4) is 0 Å². The monoisotopic (exact) mass is 461 g/mol. The van der Waals surface area contributed by atoms with E-state index in [1.165, 1.54) is 18.5 Å². The Morgan fingerprint density at radius 3 is 2.97 bits per heavy atom. The second kappa shape index (κ2) is 9.44. The predicted molar refractivity (Wildman–Crippen MR) is 134 cm³/mol. The van der Waals surface area contributed by atoms with Gasteiger partial charge in [-0.05, 0) is 50.6 Å². The smallest absolute Gasteiger partial charge is 0.256 e. The minimum atomic E-state index is -0.207. The molecule has 0 radical (unpaired) electrons. The zero-order valence-corrected chi connectivity index (χ0v) is 19.9. The molecule has 4 heterocycles. The van der Waals surface area contributed by atoms with E-state index in [0.717, 1.165) is 40.7 Å². The van der Waals surface area contributed by atoms with Gasteiger partial charge in [0.15, 0.2) is 5.82 Å². The van der Waals surface area contributed by atoms with E-state index in [1.54, 1.807) is 18.0 Å². The van der Waals surface area contributed by atoms with Crippen molar-refractivity contribution in [1.82, 2.24) is 24.6 Å². The number of aromatic amines is 1. The summed E-state index contributed by atoms with van der Waals surface area (Å²) in [5, 5.41) is 12.7. The summed E-state index contributed by atoms with van der Waals surface area (Å²) in [4.78, 5) is 23.4. The van der Waals surface area contributed by atoms with Crippen molar-refractivity contribution in [2.24, 2.45) is 7.05 Å². The van der Waals surface area contributed by atoms with Gasteiger partial charge in [-0.1, -0.05) is 0 Å². The van der Waals surface area contributed by atoms with Crippen LogP contribution in [0.5, 0.6) is 0 Å². The molecule has 0 saturated carbocycles.